The Bertz CT molecular complexity index is 918. The van der Waals surface area contributed by atoms with E-state index in [4.69, 9.17) is 61.3 Å². The molecule has 0 aromatic heterocycles. The molecule has 32 heteroatoms. The third kappa shape index (κ3) is 26.9. The normalized spacial score (nSPS) is 17.2. The summed E-state index contributed by atoms with van der Waals surface area (Å²) in [6.45, 7) is -2.92. The molecule has 9 atom stereocenters. The minimum Gasteiger partial charge on any atom is -0.780 e. The summed E-state index contributed by atoms with van der Waals surface area (Å²) in [6.07, 6.45) is -19.4. The van der Waals surface area contributed by atoms with Crippen molar-refractivity contribution < 1.29 is 132 Å². The first-order valence-electron chi connectivity index (χ1n) is 10.8. The summed E-state index contributed by atoms with van der Waals surface area (Å²) in [4.78, 5) is 91.5. The summed E-state index contributed by atoms with van der Waals surface area (Å²) in [6, 6.07) is 0. The molecule has 0 heterocycles. The number of phosphoric acid groups is 3. The van der Waals surface area contributed by atoms with Crippen LogP contribution in [0.2, 0.25) is 0 Å². The predicted octanol–water partition coefficient (Wildman–Crippen LogP) is -14.5. The van der Waals surface area contributed by atoms with Crippen LogP contribution in [0.25, 0.3) is 0 Å². The van der Waals surface area contributed by atoms with Gasteiger partial charge in [-0.3, -0.25) is 0 Å². The van der Waals surface area contributed by atoms with Gasteiger partial charge in [-0.05, 0) is 0 Å². The van der Waals surface area contributed by atoms with Crippen molar-refractivity contribution in [3.05, 3.63) is 0 Å². The van der Waals surface area contributed by atoms with Gasteiger partial charge in [0, 0.05) is 0 Å². The maximum absolute atomic E-state index is 10.6. The number of rotatable bonds is 15. The summed E-state index contributed by atoms with van der Waals surface area (Å²) >= 11 is 0. The number of phosphoric ester groups is 3. The Morgan fingerprint density at radius 1 is 0.447 bits per heavy atom. The molecule has 0 unspecified atom stereocenters. The minimum atomic E-state index is -5.62. The first kappa shape index (κ1) is 55.8. The predicted molar refractivity (Wildman–Crippen MR) is 128 cm³/mol. The largest absolute Gasteiger partial charge is 3.00 e. The Morgan fingerprint density at radius 3 is 0.702 bits per heavy atom. The number of carbonyl (C=O) groups is 3. The van der Waals surface area contributed by atoms with Gasteiger partial charge in [-0.1, -0.05) is 0 Å². The molecule has 0 amide bonds. The van der Waals surface area contributed by atoms with Gasteiger partial charge in [0.15, 0.2) is 18.3 Å². The van der Waals surface area contributed by atoms with E-state index in [1.807, 2.05) is 0 Å². The molecular weight excluding hydrogens is 759 g/mol. The van der Waals surface area contributed by atoms with E-state index in [2.05, 4.69) is 13.6 Å². The molecule has 0 rings (SSSR count). The molecule has 0 aliphatic heterocycles. The molecule has 47 heavy (non-hydrogen) atoms. The van der Waals surface area contributed by atoms with E-state index in [9.17, 15) is 57.4 Å². The standard InChI is InChI=1S/3C5H11O9P.2Al/c3*6-1-2(7)3(8)4(9)5(10)14-15(11,12)13;;/h3*2-4,6-9H,1H2,(H2,11,12,13);;/q;;;2*+3/p-6/t3*2-,3-,4+;;/m111../s1. The molecule has 0 saturated carbocycles. The first-order valence-corrected chi connectivity index (χ1v) is 15.2. The van der Waals surface area contributed by atoms with Crippen LogP contribution in [0.4, 0.5) is 0 Å². The number of aliphatic hydroxyl groups excluding tert-OH is 12. The van der Waals surface area contributed by atoms with Crippen molar-refractivity contribution in [2.24, 2.45) is 0 Å². The van der Waals surface area contributed by atoms with Crippen molar-refractivity contribution in [3.8, 4) is 0 Å². The molecule has 0 aromatic carbocycles. The maximum atomic E-state index is 10.6. The minimum absolute atomic E-state index is 0. The summed E-state index contributed by atoms with van der Waals surface area (Å²) in [5.41, 5.74) is 0. The van der Waals surface area contributed by atoms with E-state index < -0.39 is 116 Å². The van der Waals surface area contributed by atoms with Crippen molar-refractivity contribution in [2.75, 3.05) is 19.8 Å². The Morgan fingerprint density at radius 2 is 0.596 bits per heavy atom. The average Bonchev–Trinajstić information content (AvgIpc) is 2.91. The second kappa shape index (κ2) is 25.4. The number of aliphatic hydroxyl groups is 12. The van der Waals surface area contributed by atoms with E-state index in [0.717, 1.165) is 0 Å². The third-order valence-corrected chi connectivity index (χ3v) is 5.25. The van der Waals surface area contributed by atoms with Crippen molar-refractivity contribution in [3.63, 3.8) is 0 Å². The fraction of sp³-hybridized carbons (Fsp3) is 0.800. The maximum Gasteiger partial charge on any atom is 3.00 e. The summed E-state index contributed by atoms with van der Waals surface area (Å²) in [5.74, 6) is -5.78. The Balaban J connectivity index is -0.000000184. The van der Waals surface area contributed by atoms with Crippen LogP contribution < -0.4 is 29.4 Å². The molecule has 0 aliphatic carbocycles. The first-order chi connectivity index (χ1) is 20.1. The average molecular weight is 786 g/mol. The van der Waals surface area contributed by atoms with Crippen LogP contribution in [-0.4, -0.2) is 189 Å². The summed E-state index contributed by atoms with van der Waals surface area (Å²) < 4.78 is 39.5. The van der Waals surface area contributed by atoms with Crippen LogP contribution in [0, 0.1) is 0 Å². The van der Waals surface area contributed by atoms with Gasteiger partial charge in [-0.2, -0.15) is 0 Å². The summed E-state index contributed by atoms with van der Waals surface area (Å²) in [7, 11) is -16.9. The Kier molecular flexibility index (Phi) is 30.2. The molecule has 0 fully saturated rings. The van der Waals surface area contributed by atoms with Crippen molar-refractivity contribution in [1.82, 2.24) is 0 Å². The number of hydrogen-bond acceptors (Lipinski definition) is 27. The van der Waals surface area contributed by atoms with Crippen LogP contribution >= 0.6 is 23.5 Å². The third-order valence-electron chi connectivity index (χ3n) is 4.04. The second-order valence-corrected chi connectivity index (χ2v) is 10.9. The van der Waals surface area contributed by atoms with Gasteiger partial charge >= 0.3 is 52.6 Å². The molecule has 0 spiro atoms. The van der Waals surface area contributed by atoms with Crippen molar-refractivity contribution in [2.45, 2.75) is 54.9 Å². The monoisotopic (exact) mass is 786 g/mol. The topological polar surface area (TPSA) is 511 Å². The molecule has 27 nitrogen and oxygen atoms in total. The van der Waals surface area contributed by atoms with Gasteiger partial charge in [-0.15, -0.1) is 0 Å². The van der Waals surface area contributed by atoms with E-state index >= 15 is 0 Å². The SMILES string of the molecule is O=C(OP(=O)([O-])[O-])[C@@H](O)[C@H](O)[C@H](O)CO.O=C(OP(=O)([O-])[O-])[C@@H](O)[C@H](O)[C@H](O)CO.O=C(OP(=O)([O-])[O-])[C@@H](O)[C@H](O)[C@H](O)CO.[Al+3].[Al+3]. The molecular formula is C15H27Al2O27P3. The second-order valence-electron chi connectivity index (χ2n) is 7.63. The van der Waals surface area contributed by atoms with Gasteiger partial charge < -0.3 is 118 Å². The fourth-order valence-corrected chi connectivity index (χ4v) is 2.85. The van der Waals surface area contributed by atoms with Gasteiger partial charge in [0.1, 0.15) is 60.1 Å². The van der Waals surface area contributed by atoms with Crippen LogP contribution in [-0.2, 0) is 41.6 Å². The van der Waals surface area contributed by atoms with Crippen LogP contribution in [0.1, 0.15) is 0 Å². The molecule has 0 bridgehead atoms. The van der Waals surface area contributed by atoms with Crippen molar-refractivity contribution >= 4 is 76.1 Å². The van der Waals surface area contributed by atoms with E-state index in [1.54, 1.807) is 0 Å². The Hall–Kier alpha value is -0.555. The van der Waals surface area contributed by atoms with E-state index in [-0.39, 0.29) is 34.7 Å². The zero-order valence-electron chi connectivity index (χ0n) is 22.8. The quantitative estimate of drug-likeness (QED) is 0.0541. The van der Waals surface area contributed by atoms with Crippen molar-refractivity contribution in [1.29, 1.82) is 0 Å². The van der Waals surface area contributed by atoms with Crippen LogP contribution in [0.15, 0.2) is 0 Å². The van der Waals surface area contributed by atoms with E-state index in [1.165, 1.54) is 0 Å². The zero-order valence-corrected chi connectivity index (χ0v) is 27.8. The Labute approximate surface area is 282 Å². The summed E-state index contributed by atoms with van der Waals surface area (Å²) in [5, 5.41) is 104. The zero-order chi connectivity index (χ0) is 36.7. The molecule has 0 aliphatic rings. The van der Waals surface area contributed by atoms with Crippen LogP contribution in [0.5, 0.6) is 0 Å². The molecule has 0 aromatic rings. The molecule has 12 N–H and O–H groups in total. The van der Waals surface area contributed by atoms with Gasteiger partial charge in [0.25, 0.3) is 0 Å². The van der Waals surface area contributed by atoms with Gasteiger partial charge in [-0.25, -0.2) is 14.4 Å². The molecule has 0 radical (unpaired) electrons. The molecule has 0 saturated heterocycles. The smallest absolute Gasteiger partial charge is 0.780 e. The number of hydrogen-bond donors (Lipinski definition) is 12. The van der Waals surface area contributed by atoms with Gasteiger partial charge in [0.05, 0.1) is 19.8 Å². The number of carbonyl (C=O) groups excluding carboxylic acids is 3. The molecule has 270 valence electrons. The van der Waals surface area contributed by atoms with Gasteiger partial charge in [0.2, 0.25) is 0 Å². The van der Waals surface area contributed by atoms with Crippen LogP contribution in [0.3, 0.4) is 0 Å². The fourth-order valence-electron chi connectivity index (χ4n) is 1.87. The van der Waals surface area contributed by atoms with E-state index in [0.29, 0.717) is 0 Å².